The molecule has 0 bridgehead atoms. The molecule has 1 aromatic rings. The molecule has 2 rings (SSSR count). The minimum absolute atomic E-state index is 0.0615. The molecule has 1 N–H and O–H groups in total. The fraction of sp³-hybridized carbons (Fsp3) is 0.588. The topological polar surface area (TPSA) is 63.2 Å². The molecule has 1 aromatic carbocycles. The zero-order valence-corrected chi connectivity index (χ0v) is 14.1. The summed E-state index contributed by atoms with van der Waals surface area (Å²) in [5.74, 6) is -2.07. The van der Waals surface area contributed by atoms with Gasteiger partial charge in [0.05, 0.1) is 5.75 Å². The SMILES string of the molecule is O=C(CS(=O)(=O)Cc1ccccc1F)NC1CCCCCCC1. The Kier molecular flexibility index (Phi) is 6.57. The van der Waals surface area contributed by atoms with Gasteiger partial charge in [0.25, 0.3) is 0 Å². The third kappa shape index (κ3) is 6.29. The van der Waals surface area contributed by atoms with Gasteiger partial charge in [0, 0.05) is 11.6 Å². The minimum Gasteiger partial charge on any atom is -0.352 e. The van der Waals surface area contributed by atoms with E-state index in [1.54, 1.807) is 6.07 Å². The third-order valence-corrected chi connectivity index (χ3v) is 5.61. The molecule has 1 aliphatic carbocycles. The van der Waals surface area contributed by atoms with Crippen LogP contribution in [0.5, 0.6) is 0 Å². The molecule has 1 aliphatic rings. The number of nitrogens with one attached hydrogen (secondary N) is 1. The highest BCUT2D eigenvalue weighted by atomic mass is 32.2. The average Bonchev–Trinajstić information content (AvgIpc) is 2.43. The summed E-state index contributed by atoms with van der Waals surface area (Å²) in [5.41, 5.74) is 0.103. The van der Waals surface area contributed by atoms with Gasteiger partial charge < -0.3 is 5.32 Å². The third-order valence-electron chi connectivity index (χ3n) is 4.15. The van der Waals surface area contributed by atoms with Crippen molar-refractivity contribution in [3.63, 3.8) is 0 Å². The predicted molar refractivity (Wildman–Crippen MR) is 88.1 cm³/mol. The smallest absolute Gasteiger partial charge is 0.235 e. The molecule has 0 heterocycles. The van der Waals surface area contributed by atoms with Crippen LogP contribution >= 0.6 is 0 Å². The van der Waals surface area contributed by atoms with E-state index in [9.17, 15) is 17.6 Å². The monoisotopic (exact) mass is 341 g/mol. The summed E-state index contributed by atoms with van der Waals surface area (Å²) < 4.78 is 37.7. The second-order valence-electron chi connectivity index (χ2n) is 6.23. The largest absolute Gasteiger partial charge is 0.352 e. The Hall–Kier alpha value is -1.43. The molecular weight excluding hydrogens is 317 g/mol. The summed E-state index contributed by atoms with van der Waals surface area (Å²) in [6.45, 7) is 0. The molecular formula is C17H24FNO3S. The molecule has 23 heavy (non-hydrogen) atoms. The minimum atomic E-state index is -3.68. The Balaban J connectivity index is 1.89. The van der Waals surface area contributed by atoms with Crippen molar-refractivity contribution in [1.29, 1.82) is 0 Å². The van der Waals surface area contributed by atoms with E-state index in [-0.39, 0.29) is 11.6 Å². The van der Waals surface area contributed by atoms with Crippen molar-refractivity contribution in [2.45, 2.75) is 56.7 Å². The molecule has 6 heteroatoms. The molecule has 0 radical (unpaired) electrons. The Bertz CT molecular complexity index is 622. The fourth-order valence-corrected chi connectivity index (χ4v) is 4.27. The van der Waals surface area contributed by atoms with Gasteiger partial charge in [-0.25, -0.2) is 12.8 Å². The first-order valence-corrected chi connectivity index (χ1v) is 10.0. The molecule has 0 aliphatic heterocycles. The number of sulfone groups is 1. The summed E-state index contributed by atoms with van der Waals surface area (Å²) in [6, 6.07) is 5.81. The lowest BCUT2D eigenvalue weighted by Gasteiger charge is -2.21. The highest BCUT2D eigenvalue weighted by Gasteiger charge is 2.21. The average molecular weight is 341 g/mol. The van der Waals surface area contributed by atoms with Gasteiger partial charge in [-0.2, -0.15) is 0 Å². The second-order valence-corrected chi connectivity index (χ2v) is 8.30. The van der Waals surface area contributed by atoms with Gasteiger partial charge in [0.2, 0.25) is 5.91 Å². The molecule has 1 saturated carbocycles. The van der Waals surface area contributed by atoms with Crippen LogP contribution < -0.4 is 5.32 Å². The van der Waals surface area contributed by atoms with E-state index in [1.807, 2.05) is 0 Å². The quantitative estimate of drug-likeness (QED) is 0.895. The van der Waals surface area contributed by atoms with E-state index in [0.29, 0.717) is 0 Å². The van der Waals surface area contributed by atoms with Gasteiger partial charge in [-0.15, -0.1) is 0 Å². The van der Waals surface area contributed by atoms with Crippen molar-refractivity contribution in [1.82, 2.24) is 5.32 Å². The van der Waals surface area contributed by atoms with Crippen molar-refractivity contribution >= 4 is 15.7 Å². The number of carbonyl (C=O) groups excluding carboxylic acids is 1. The Morgan fingerprint density at radius 2 is 1.70 bits per heavy atom. The first-order valence-electron chi connectivity index (χ1n) is 8.19. The van der Waals surface area contributed by atoms with Crippen LogP contribution in [0.25, 0.3) is 0 Å². The molecule has 4 nitrogen and oxygen atoms in total. The van der Waals surface area contributed by atoms with Gasteiger partial charge in [-0.1, -0.05) is 50.3 Å². The molecule has 0 unspecified atom stereocenters. The number of rotatable bonds is 5. The Morgan fingerprint density at radius 1 is 1.09 bits per heavy atom. The van der Waals surface area contributed by atoms with Crippen molar-refractivity contribution in [2.24, 2.45) is 0 Å². The zero-order chi connectivity index (χ0) is 16.7. The molecule has 0 aromatic heterocycles. The van der Waals surface area contributed by atoms with Gasteiger partial charge in [-0.05, 0) is 18.9 Å². The lowest BCUT2D eigenvalue weighted by molar-refractivity contribution is -0.119. The predicted octanol–water partition coefficient (Wildman–Crippen LogP) is 2.97. The van der Waals surface area contributed by atoms with E-state index in [2.05, 4.69) is 5.32 Å². The van der Waals surface area contributed by atoms with E-state index in [1.165, 1.54) is 24.6 Å². The van der Waals surface area contributed by atoms with Crippen molar-refractivity contribution in [3.8, 4) is 0 Å². The van der Waals surface area contributed by atoms with Crippen LogP contribution in [0, 0.1) is 5.82 Å². The Morgan fingerprint density at radius 3 is 2.35 bits per heavy atom. The van der Waals surface area contributed by atoms with Crippen LogP contribution in [0.4, 0.5) is 4.39 Å². The van der Waals surface area contributed by atoms with E-state index in [0.717, 1.165) is 38.5 Å². The number of carbonyl (C=O) groups is 1. The van der Waals surface area contributed by atoms with Gasteiger partial charge >= 0.3 is 0 Å². The van der Waals surface area contributed by atoms with E-state index >= 15 is 0 Å². The normalized spacial score (nSPS) is 17.3. The molecule has 1 fully saturated rings. The molecule has 1 amide bonds. The van der Waals surface area contributed by atoms with Crippen LogP contribution in [0.1, 0.15) is 50.5 Å². The number of benzene rings is 1. The highest BCUT2D eigenvalue weighted by Crippen LogP contribution is 2.17. The molecule has 128 valence electrons. The summed E-state index contributed by atoms with van der Waals surface area (Å²) in [6.07, 6.45) is 7.49. The van der Waals surface area contributed by atoms with E-state index in [4.69, 9.17) is 0 Å². The second kappa shape index (κ2) is 8.43. The van der Waals surface area contributed by atoms with Crippen LogP contribution in [0.3, 0.4) is 0 Å². The van der Waals surface area contributed by atoms with Crippen molar-refractivity contribution in [3.05, 3.63) is 35.6 Å². The van der Waals surface area contributed by atoms with Crippen LogP contribution in [0.2, 0.25) is 0 Å². The van der Waals surface area contributed by atoms with Crippen LogP contribution in [-0.2, 0) is 20.4 Å². The van der Waals surface area contributed by atoms with Gasteiger partial charge in [-0.3, -0.25) is 4.79 Å². The zero-order valence-electron chi connectivity index (χ0n) is 13.3. The maximum Gasteiger partial charge on any atom is 0.235 e. The molecule has 0 atom stereocenters. The molecule has 0 saturated heterocycles. The number of hydrogen-bond acceptors (Lipinski definition) is 3. The maximum absolute atomic E-state index is 13.5. The summed E-state index contributed by atoms with van der Waals surface area (Å²) in [5, 5.41) is 2.83. The standard InChI is InChI=1S/C17H24FNO3S/c18-16-11-7-6-8-14(16)12-23(21,22)13-17(20)19-15-9-4-2-1-3-5-10-15/h6-8,11,15H,1-5,9-10,12-13H2,(H,19,20). The fourth-order valence-electron chi connectivity index (χ4n) is 2.97. The molecule has 0 spiro atoms. The van der Waals surface area contributed by atoms with Crippen molar-refractivity contribution < 1.29 is 17.6 Å². The maximum atomic E-state index is 13.5. The summed E-state index contributed by atoms with van der Waals surface area (Å²) in [4.78, 5) is 12.0. The first-order chi connectivity index (χ1) is 11.0. The first kappa shape index (κ1) is 17.9. The highest BCUT2D eigenvalue weighted by molar-refractivity contribution is 7.91. The van der Waals surface area contributed by atoms with Crippen LogP contribution in [-0.4, -0.2) is 26.1 Å². The lowest BCUT2D eigenvalue weighted by Crippen LogP contribution is -2.39. The van der Waals surface area contributed by atoms with E-state index < -0.39 is 33.1 Å². The van der Waals surface area contributed by atoms with Gasteiger partial charge in [0.1, 0.15) is 11.6 Å². The number of amides is 1. The number of hydrogen-bond donors (Lipinski definition) is 1. The lowest BCUT2D eigenvalue weighted by atomic mass is 9.97. The summed E-state index contributed by atoms with van der Waals surface area (Å²) >= 11 is 0. The Labute approximate surface area is 137 Å². The van der Waals surface area contributed by atoms with Gasteiger partial charge in [0.15, 0.2) is 9.84 Å². The van der Waals surface area contributed by atoms with Crippen molar-refractivity contribution in [2.75, 3.05) is 5.75 Å². The number of halogens is 1. The summed E-state index contributed by atoms with van der Waals surface area (Å²) in [7, 11) is -3.68. The van der Waals surface area contributed by atoms with Crippen LogP contribution in [0.15, 0.2) is 24.3 Å².